The zero-order chi connectivity index (χ0) is 14.6. The van der Waals surface area contributed by atoms with E-state index in [2.05, 4.69) is 4.72 Å². The van der Waals surface area contributed by atoms with Gasteiger partial charge < -0.3 is 0 Å². The van der Waals surface area contributed by atoms with Gasteiger partial charge in [0.1, 0.15) is 0 Å². The Morgan fingerprint density at radius 2 is 1.84 bits per heavy atom. The predicted octanol–water partition coefficient (Wildman–Crippen LogP) is 4.40. The van der Waals surface area contributed by atoms with Gasteiger partial charge in [-0.05, 0) is 52.3 Å². The molecule has 19 heavy (non-hydrogen) atoms. The summed E-state index contributed by atoms with van der Waals surface area (Å²) in [7, 11) is -1.12. The Bertz CT molecular complexity index is 474. The molecule has 0 aliphatic carbocycles. The van der Waals surface area contributed by atoms with Crippen LogP contribution in [0.2, 0.25) is 5.02 Å². The minimum Gasteiger partial charge on any atom is -0.242 e. The Morgan fingerprint density at radius 1 is 1.32 bits per heavy atom. The lowest BCUT2D eigenvalue weighted by atomic mass is 10.0. The van der Waals surface area contributed by atoms with Gasteiger partial charge in [0.05, 0.1) is 21.8 Å². The minimum atomic E-state index is -1.12. The van der Waals surface area contributed by atoms with Crippen molar-refractivity contribution >= 4 is 22.6 Å². The largest absolute Gasteiger partial charge is 0.242 e. The molecule has 0 aliphatic rings. The van der Waals surface area contributed by atoms with Crippen molar-refractivity contribution in [1.82, 2.24) is 4.72 Å². The van der Waals surface area contributed by atoms with Crippen LogP contribution in [0.1, 0.15) is 46.2 Å². The van der Waals surface area contributed by atoms with Gasteiger partial charge in [0, 0.05) is 5.02 Å². The lowest BCUT2D eigenvalue weighted by Crippen LogP contribution is -2.36. The lowest BCUT2D eigenvalue weighted by Gasteiger charge is -2.25. The smallest absolute Gasteiger partial charge is 0.0978 e. The maximum Gasteiger partial charge on any atom is 0.0978 e. The van der Waals surface area contributed by atoms with Crippen molar-refractivity contribution in [2.45, 2.75) is 45.4 Å². The fourth-order valence-corrected chi connectivity index (χ4v) is 2.55. The van der Waals surface area contributed by atoms with Gasteiger partial charge in [0.2, 0.25) is 0 Å². The average molecular weight is 300 g/mol. The Hall–Kier alpha value is -0.640. The molecule has 0 spiro atoms. The normalized spacial score (nSPS) is 16.2. The second kappa shape index (κ2) is 6.69. The van der Waals surface area contributed by atoms with Crippen LogP contribution in [0.4, 0.5) is 0 Å². The molecular formula is C15H22ClNOS. The second-order valence-corrected chi connectivity index (χ2v) is 7.95. The molecule has 106 valence electrons. The molecule has 0 radical (unpaired) electrons. The summed E-state index contributed by atoms with van der Waals surface area (Å²) in [5.74, 6) is 0. The molecule has 0 saturated carbocycles. The fraction of sp³-hybridized carbons (Fsp3) is 0.467. The van der Waals surface area contributed by atoms with E-state index in [9.17, 15) is 4.21 Å². The summed E-state index contributed by atoms with van der Waals surface area (Å²) in [5.41, 5.74) is 2.21. The lowest BCUT2D eigenvalue weighted by molar-refractivity contribution is 0.621. The molecule has 1 aromatic carbocycles. The number of benzene rings is 1. The van der Waals surface area contributed by atoms with Crippen LogP contribution in [0.15, 0.2) is 35.9 Å². The van der Waals surface area contributed by atoms with E-state index in [0.29, 0.717) is 5.02 Å². The zero-order valence-corrected chi connectivity index (χ0v) is 13.7. The molecule has 4 heteroatoms. The summed E-state index contributed by atoms with van der Waals surface area (Å²) in [6, 6.07) is 7.59. The number of halogens is 1. The Kier molecular flexibility index (Phi) is 5.78. The van der Waals surface area contributed by atoms with Crippen LogP contribution in [0.3, 0.4) is 0 Å². The van der Waals surface area contributed by atoms with Gasteiger partial charge in [-0.1, -0.05) is 35.4 Å². The van der Waals surface area contributed by atoms with Crippen molar-refractivity contribution in [3.8, 4) is 0 Å². The molecule has 0 aliphatic heterocycles. The summed E-state index contributed by atoms with van der Waals surface area (Å²) in [6.07, 6.45) is 2.03. The van der Waals surface area contributed by atoms with E-state index < -0.39 is 11.0 Å². The highest BCUT2D eigenvalue weighted by Crippen LogP contribution is 2.25. The highest BCUT2D eigenvalue weighted by Gasteiger charge is 2.24. The number of hydrogen-bond donors (Lipinski definition) is 1. The Morgan fingerprint density at radius 3 is 2.26 bits per heavy atom. The van der Waals surface area contributed by atoms with Crippen LogP contribution in [-0.4, -0.2) is 8.96 Å². The van der Waals surface area contributed by atoms with Crippen molar-refractivity contribution in [2.24, 2.45) is 0 Å². The van der Waals surface area contributed by atoms with Crippen molar-refractivity contribution in [3.05, 3.63) is 46.5 Å². The molecule has 0 saturated heterocycles. The molecule has 0 amide bonds. The van der Waals surface area contributed by atoms with E-state index in [-0.39, 0.29) is 10.8 Å². The topological polar surface area (TPSA) is 29.1 Å². The summed E-state index contributed by atoms with van der Waals surface area (Å²) < 4.78 is 15.2. The van der Waals surface area contributed by atoms with Gasteiger partial charge in [0.25, 0.3) is 0 Å². The molecule has 1 rings (SSSR count). The highest BCUT2D eigenvalue weighted by molar-refractivity contribution is 7.84. The van der Waals surface area contributed by atoms with Crippen LogP contribution in [-0.2, 0) is 11.0 Å². The number of rotatable bonds is 4. The molecule has 0 fully saturated rings. The average Bonchev–Trinajstić information content (AvgIpc) is 2.35. The first kappa shape index (κ1) is 16.4. The third-order valence-electron chi connectivity index (χ3n) is 2.90. The molecule has 1 N–H and O–H groups in total. The van der Waals surface area contributed by atoms with Crippen LogP contribution in [0.5, 0.6) is 0 Å². The molecule has 2 atom stereocenters. The third-order valence-corrected chi connectivity index (χ3v) is 4.71. The number of allylic oxidation sites excluding steroid dienone is 1. The van der Waals surface area contributed by atoms with E-state index in [0.717, 1.165) is 11.1 Å². The molecule has 0 aromatic heterocycles. The predicted molar refractivity (Wildman–Crippen MR) is 84.7 cm³/mol. The van der Waals surface area contributed by atoms with Gasteiger partial charge in [-0.2, -0.15) is 0 Å². The molecule has 2 nitrogen and oxygen atoms in total. The Labute approximate surface area is 123 Å². The molecule has 1 aromatic rings. The van der Waals surface area contributed by atoms with E-state index in [1.165, 1.54) is 0 Å². The standard InChI is InChI=1S/C15H22ClNOS/c1-6-11(2)14(17-19(18)15(3,4)5)12-7-9-13(16)10-8-12/h6-10,14,17H,1-5H3/b11-6+/t14-,19-/m1/s1. The molecule has 0 heterocycles. The first-order chi connectivity index (χ1) is 8.75. The van der Waals surface area contributed by atoms with Crippen molar-refractivity contribution in [1.29, 1.82) is 0 Å². The van der Waals surface area contributed by atoms with Gasteiger partial charge in [-0.15, -0.1) is 0 Å². The fourth-order valence-electron chi connectivity index (χ4n) is 1.53. The molecule has 0 unspecified atom stereocenters. The first-order valence-corrected chi connectivity index (χ1v) is 7.85. The van der Waals surface area contributed by atoms with E-state index >= 15 is 0 Å². The summed E-state index contributed by atoms with van der Waals surface area (Å²) in [6.45, 7) is 9.89. The van der Waals surface area contributed by atoms with Crippen LogP contribution >= 0.6 is 11.6 Å². The maximum atomic E-state index is 12.3. The summed E-state index contributed by atoms with van der Waals surface area (Å²) in [4.78, 5) is 0. The number of hydrogen-bond acceptors (Lipinski definition) is 1. The molecule has 0 bridgehead atoms. The quantitative estimate of drug-likeness (QED) is 0.820. The summed E-state index contributed by atoms with van der Waals surface area (Å²) >= 11 is 5.91. The Balaban J connectivity index is 3.03. The van der Waals surface area contributed by atoms with Crippen molar-refractivity contribution < 1.29 is 4.21 Å². The third kappa shape index (κ3) is 4.75. The number of nitrogens with one attached hydrogen (secondary N) is 1. The second-order valence-electron chi connectivity index (χ2n) is 5.52. The van der Waals surface area contributed by atoms with Gasteiger partial charge >= 0.3 is 0 Å². The minimum absolute atomic E-state index is 0.0534. The molecular weight excluding hydrogens is 278 g/mol. The SMILES string of the molecule is C/C=C(\C)[C@@H](N[S@](=O)C(C)(C)C)c1ccc(Cl)cc1. The van der Waals surface area contributed by atoms with Gasteiger partial charge in [-0.3, -0.25) is 0 Å². The summed E-state index contributed by atoms with van der Waals surface area (Å²) in [5, 5.41) is 0.706. The van der Waals surface area contributed by atoms with Crippen LogP contribution in [0.25, 0.3) is 0 Å². The monoisotopic (exact) mass is 299 g/mol. The maximum absolute atomic E-state index is 12.3. The van der Waals surface area contributed by atoms with E-state index in [1.807, 2.05) is 65.0 Å². The van der Waals surface area contributed by atoms with Crippen LogP contribution in [0, 0.1) is 0 Å². The van der Waals surface area contributed by atoms with Crippen molar-refractivity contribution in [2.75, 3.05) is 0 Å². The van der Waals surface area contributed by atoms with E-state index in [1.54, 1.807) is 0 Å². The first-order valence-electron chi connectivity index (χ1n) is 6.32. The van der Waals surface area contributed by atoms with Gasteiger partial charge in [0.15, 0.2) is 0 Å². The van der Waals surface area contributed by atoms with Gasteiger partial charge in [-0.25, -0.2) is 8.93 Å². The zero-order valence-electron chi connectivity index (χ0n) is 12.2. The van der Waals surface area contributed by atoms with Crippen LogP contribution < -0.4 is 4.72 Å². The highest BCUT2D eigenvalue weighted by atomic mass is 35.5. The van der Waals surface area contributed by atoms with E-state index in [4.69, 9.17) is 11.6 Å². The van der Waals surface area contributed by atoms with Crippen molar-refractivity contribution in [3.63, 3.8) is 0 Å².